The first-order valence-electron chi connectivity index (χ1n) is 8.33. The molecule has 0 heterocycles. The largest absolute Gasteiger partial charge is 0.444 e. The summed E-state index contributed by atoms with van der Waals surface area (Å²) in [5.41, 5.74) is 7.82. The molecular formula is C18H31N3O3. The van der Waals surface area contributed by atoms with Crippen molar-refractivity contribution in [3.63, 3.8) is 0 Å². The van der Waals surface area contributed by atoms with E-state index in [2.05, 4.69) is 24.1 Å². The lowest BCUT2D eigenvalue weighted by atomic mass is 10.1. The molecule has 0 bridgehead atoms. The molecule has 0 aliphatic heterocycles. The van der Waals surface area contributed by atoms with E-state index in [4.69, 9.17) is 15.2 Å². The molecule has 1 aromatic carbocycles. The maximum Gasteiger partial charge on any atom is 0.412 e. The van der Waals surface area contributed by atoms with E-state index < -0.39 is 11.7 Å². The van der Waals surface area contributed by atoms with E-state index in [1.54, 1.807) is 19.2 Å². The zero-order valence-electron chi connectivity index (χ0n) is 15.7. The number of hydrogen-bond acceptors (Lipinski definition) is 5. The number of benzene rings is 1. The van der Waals surface area contributed by atoms with Crippen molar-refractivity contribution in [1.82, 2.24) is 0 Å². The van der Waals surface area contributed by atoms with Crippen LogP contribution in [0, 0.1) is 0 Å². The summed E-state index contributed by atoms with van der Waals surface area (Å²) in [6.07, 6.45) is 0.498. The molecule has 0 saturated carbocycles. The van der Waals surface area contributed by atoms with E-state index in [0.717, 1.165) is 18.7 Å². The van der Waals surface area contributed by atoms with Crippen LogP contribution in [0.4, 0.5) is 21.9 Å². The highest BCUT2D eigenvalue weighted by atomic mass is 16.6. The Labute approximate surface area is 145 Å². The molecule has 1 unspecified atom stereocenters. The molecule has 136 valence electrons. The maximum atomic E-state index is 12.0. The number of nitrogens with one attached hydrogen (secondary N) is 1. The Bertz CT molecular complexity index is 541. The fraction of sp³-hybridized carbons (Fsp3) is 0.611. The minimum Gasteiger partial charge on any atom is -0.444 e. The molecule has 1 aromatic rings. The molecule has 0 radical (unpaired) electrons. The third-order valence-electron chi connectivity index (χ3n) is 3.64. The van der Waals surface area contributed by atoms with E-state index in [1.165, 1.54) is 0 Å². The lowest BCUT2D eigenvalue weighted by Gasteiger charge is -2.32. The second-order valence-electron chi connectivity index (χ2n) is 6.84. The van der Waals surface area contributed by atoms with Gasteiger partial charge in [0, 0.05) is 25.4 Å². The molecule has 3 N–H and O–H groups in total. The highest BCUT2D eigenvalue weighted by molar-refractivity contribution is 5.87. The van der Waals surface area contributed by atoms with Gasteiger partial charge in [-0.15, -0.1) is 0 Å². The van der Waals surface area contributed by atoms with Crippen LogP contribution in [0.5, 0.6) is 0 Å². The number of methoxy groups -OCH3 is 1. The van der Waals surface area contributed by atoms with Gasteiger partial charge in [-0.05, 0) is 52.3 Å². The number of carbonyl (C=O) groups is 1. The quantitative estimate of drug-likeness (QED) is 0.739. The van der Waals surface area contributed by atoms with Gasteiger partial charge in [0.1, 0.15) is 5.60 Å². The molecule has 0 fully saturated rings. The Morgan fingerprint density at radius 1 is 1.38 bits per heavy atom. The average Bonchev–Trinajstić information content (AvgIpc) is 2.48. The summed E-state index contributed by atoms with van der Waals surface area (Å²) < 4.78 is 10.5. The van der Waals surface area contributed by atoms with E-state index in [9.17, 15) is 4.79 Å². The first kappa shape index (κ1) is 20.1. The molecule has 1 atom stereocenters. The third kappa shape index (κ3) is 6.28. The fourth-order valence-corrected chi connectivity index (χ4v) is 2.28. The number of nitrogens with two attached hydrogens (primary N) is 1. The zero-order valence-corrected chi connectivity index (χ0v) is 15.7. The minimum atomic E-state index is -0.540. The van der Waals surface area contributed by atoms with Gasteiger partial charge < -0.3 is 20.1 Å². The van der Waals surface area contributed by atoms with Crippen molar-refractivity contribution < 1.29 is 14.3 Å². The highest BCUT2D eigenvalue weighted by Gasteiger charge is 2.19. The van der Waals surface area contributed by atoms with Crippen LogP contribution in [0.2, 0.25) is 0 Å². The van der Waals surface area contributed by atoms with Crippen molar-refractivity contribution in [3.05, 3.63) is 18.2 Å². The maximum absolute atomic E-state index is 12.0. The summed E-state index contributed by atoms with van der Waals surface area (Å²) in [6.45, 7) is 11.1. The second-order valence-corrected chi connectivity index (χ2v) is 6.84. The predicted molar refractivity (Wildman–Crippen MR) is 99.7 cm³/mol. The van der Waals surface area contributed by atoms with Gasteiger partial charge in [0.2, 0.25) is 0 Å². The molecule has 6 nitrogen and oxygen atoms in total. The molecule has 1 rings (SSSR count). The Morgan fingerprint density at radius 3 is 2.58 bits per heavy atom. The summed E-state index contributed by atoms with van der Waals surface area (Å²) >= 11 is 0. The van der Waals surface area contributed by atoms with E-state index in [0.29, 0.717) is 24.0 Å². The van der Waals surface area contributed by atoms with Gasteiger partial charge in [-0.2, -0.15) is 0 Å². The normalized spacial score (nSPS) is 12.6. The minimum absolute atomic E-state index is 0.305. The molecule has 1 amide bonds. The highest BCUT2D eigenvalue weighted by Crippen LogP contribution is 2.29. The van der Waals surface area contributed by atoms with Gasteiger partial charge >= 0.3 is 6.09 Å². The van der Waals surface area contributed by atoms with Crippen molar-refractivity contribution >= 4 is 23.2 Å². The summed E-state index contributed by atoms with van der Waals surface area (Å²) in [6, 6.07) is 5.75. The van der Waals surface area contributed by atoms with Crippen LogP contribution in [0.1, 0.15) is 41.0 Å². The van der Waals surface area contributed by atoms with Gasteiger partial charge in [0.25, 0.3) is 0 Å². The van der Waals surface area contributed by atoms with Crippen LogP contribution in [-0.4, -0.2) is 38.0 Å². The first-order chi connectivity index (χ1) is 11.2. The number of anilines is 3. The Hall–Kier alpha value is -1.95. The van der Waals surface area contributed by atoms with Crippen LogP contribution < -0.4 is 16.0 Å². The summed E-state index contributed by atoms with van der Waals surface area (Å²) in [4.78, 5) is 14.2. The van der Waals surface area contributed by atoms with Crippen LogP contribution in [-0.2, 0) is 9.47 Å². The fourth-order valence-electron chi connectivity index (χ4n) is 2.28. The van der Waals surface area contributed by atoms with Gasteiger partial charge in [-0.3, -0.25) is 5.32 Å². The number of nitrogens with zero attached hydrogens (tertiary/aromatic N) is 1. The van der Waals surface area contributed by atoms with Gasteiger partial charge in [-0.1, -0.05) is 6.92 Å². The van der Waals surface area contributed by atoms with E-state index in [-0.39, 0.29) is 0 Å². The zero-order chi connectivity index (χ0) is 18.3. The molecule has 0 spiro atoms. The van der Waals surface area contributed by atoms with Gasteiger partial charge in [-0.25, -0.2) is 4.79 Å². The molecule has 24 heavy (non-hydrogen) atoms. The van der Waals surface area contributed by atoms with Crippen molar-refractivity contribution in [3.8, 4) is 0 Å². The number of hydrogen-bond donors (Lipinski definition) is 2. The predicted octanol–water partition coefficient (Wildman–Crippen LogP) is 3.87. The smallest absolute Gasteiger partial charge is 0.412 e. The van der Waals surface area contributed by atoms with E-state index >= 15 is 0 Å². The lowest BCUT2D eigenvalue weighted by molar-refractivity contribution is 0.0636. The molecule has 0 aliphatic carbocycles. The van der Waals surface area contributed by atoms with Gasteiger partial charge in [0.05, 0.1) is 18.0 Å². The topological polar surface area (TPSA) is 76.8 Å². The van der Waals surface area contributed by atoms with E-state index in [1.807, 2.05) is 26.8 Å². The Kier molecular flexibility index (Phi) is 7.35. The van der Waals surface area contributed by atoms with Crippen molar-refractivity contribution in [2.75, 3.05) is 36.2 Å². The molecular weight excluding hydrogens is 306 g/mol. The average molecular weight is 337 g/mol. The first-order valence-corrected chi connectivity index (χ1v) is 8.33. The van der Waals surface area contributed by atoms with Crippen molar-refractivity contribution in [2.24, 2.45) is 0 Å². The van der Waals surface area contributed by atoms with Gasteiger partial charge in [0.15, 0.2) is 0 Å². The van der Waals surface area contributed by atoms with Crippen LogP contribution in [0.15, 0.2) is 18.2 Å². The van der Waals surface area contributed by atoms with Crippen molar-refractivity contribution in [2.45, 2.75) is 52.7 Å². The SMILES string of the molecule is CCC(C)N(CCOC)c1cc(NC(=O)OC(C)(C)C)ccc1N. The Morgan fingerprint density at radius 2 is 2.04 bits per heavy atom. The third-order valence-corrected chi connectivity index (χ3v) is 3.64. The number of ether oxygens (including phenoxy) is 2. The monoisotopic (exact) mass is 337 g/mol. The summed E-state index contributed by atoms with van der Waals surface area (Å²) in [5, 5.41) is 2.76. The lowest BCUT2D eigenvalue weighted by Crippen LogP contribution is -2.36. The van der Waals surface area contributed by atoms with Crippen LogP contribution in [0.3, 0.4) is 0 Å². The molecule has 6 heteroatoms. The second kappa shape index (κ2) is 8.78. The number of amides is 1. The number of nitrogen functional groups attached to an aromatic ring is 1. The van der Waals surface area contributed by atoms with Crippen molar-refractivity contribution in [1.29, 1.82) is 0 Å². The van der Waals surface area contributed by atoms with Crippen LogP contribution in [0.25, 0.3) is 0 Å². The molecule has 0 aromatic heterocycles. The standard InChI is InChI=1S/C18H31N3O3/c1-7-13(2)21(10-11-23-6)16-12-14(8-9-15(16)19)20-17(22)24-18(3,4)5/h8-9,12-13H,7,10-11,19H2,1-6H3,(H,20,22). The van der Waals surface area contributed by atoms with Crippen LogP contribution >= 0.6 is 0 Å². The number of rotatable bonds is 7. The Balaban J connectivity index is 3.00. The molecule has 0 aliphatic rings. The number of carbonyl (C=O) groups excluding carboxylic acids is 1. The summed E-state index contributed by atoms with van der Waals surface area (Å²) in [7, 11) is 1.68. The summed E-state index contributed by atoms with van der Waals surface area (Å²) in [5.74, 6) is 0. The molecule has 0 saturated heterocycles.